The van der Waals surface area contributed by atoms with E-state index in [0.29, 0.717) is 19.5 Å². The summed E-state index contributed by atoms with van der Waals surface area (Å²) in [5.74, 6) is -0.890. The van der Waals surface area contributed by atoms with Crippen molar-refractivity contribution in [1.82, 2.24) is 10.0 Å². The van der Waals surface area contributed by atoms with Gasteiger partial charge in [-0.3, -0.25) is 4.79 Å². The highest BCUT2D eigenvalue weighted by Crippen LogP contribution is 2.21. The summed E-state index contributed by atoms with van der Waals surface area (Å²) in [6.45, 7) is 2.79. The number of benzene rings is 1. The van der Waals surface area contributed by atoms with Gasteiger partial charge < -0.3 is 10.4 Å². The van der Waals surface area contributed by atoms with E-state index in [0.717, 1.165) is 24.0 Å². The minimum Gasteiger partial charge on any atom is -0.480 e. The minimum atomic E-state index is -3.49. The van der Waals surface area contributed by atoms with E-state index >= 15 is 0 Å². The molecule has 1 aromatic carbocycles. The molecule has 116 valence electrons. The third-order valence-corrected chi connectivity index (χ3v) is 5.03. The lowest BCUT2D eigenvalue weighted by Crippen LogP contribution is -2.41. The largest absolute Gasteiger partial charge is 0.480 e. The van der Waals surface area contributed by atoms with Gasteiger partial charge in [0.1, 0.15) is 6.04 Å². The van der Waals surface area contributed by atoms with Crippen LogP contribution in [0.3, 0.4) is 0 Å². The van der Waals surface area contributed by atoms with Crippen molar-refractivity contribution in [1.29, 1.82) is 0 Å². The third-order valence-electron chi connectivity index (χ3n) is 3.57. The van der Waals surface area contributed by atoms with Crippen molar-refractivity contribution in [3.8, 4) is 0 Å². The van der Waals surface area contributed by atoms with Gasteiger partial charge in [0, 0.05) is 13.1 Å². The molecule has 0 saturated carbocycles. The number of carboxylic acids is 1. The zero-order valence-corrected chi connectivity index (χ0v) is 12.7. The first-order valence-electron chi connectivity index (χ1n) is 7.01. The Labute approximate surface area is 124 Å². The Kier molecular flexibility index (Phi) is 4.97. The molecule has 1 heterocycles. The summed E-state index contributed by atoms with van der Waals surface area (Å²) in [7, 11) is -3.49. The molecule has 7 heteroatoms. The molecule has 0 amide bonds. The fourth-order valence-electron chi connectivity index (χ4n) is 2.30. The van der Waals surface area contributed by atoms with Crippen molar-refractivity contribution >= 4 is 16.0 Å². The predicted octanol–water partition coefficient (Wildman–Crippen LogP) is 0.864. The van der Waals surface area contributed by atoms with E-state index in [2.05, 4.69) is 10.0 Å². The van der Waals surface area contributed by atoms with Crippen molar-refractivity contribution in [2.24, 2.45) is 0 Å². The van der Waals surface area contributed by atoms with Gasteiger partial charge in [0.05, 0.1) is 4.90 Å². The second kappa shape index (κ2) is 6.55. The van der Waals surface area contributed by atoms with Crippen molar-refractivity contribution in [3.05, 3.63) is 29.3 Å². The van der Waals surface area contributed by atoms with Crippen LogP contribution in [0.5, 0.6) is 0 Å². The number of nitrogens with one attached hydrogen (secondary N) is 2. The zero-order valence-electron chi connectivity index (χ0n) is 11.9. The highest BCUT2D eigenvalue weighted by molar-refractivity contribution is 7.89. The molecule has 6 nitrogen and oxygen atoms in total. The second-order valence-corrected chi connectivity index (χ2v) is 6.92. The first-order chi connectivity index (χ1) is 9.94. The Morgan fingerprint density at radius 3 is 2.86 bits per heavy atom. The van der Waals surface area contributed by atoms with Gasteiger partial charge in [-0.15, -0.1) is 0 Å². The molecular weight excluding hydrogens is 292 g/mol. The fraction of sp³-hybridized carbons (Fsp3) is 0.500. The van der Waals surface area contributed by atoms with Crippen LogP contribution in [-0.4, -0.2) is 32.1 Å². The standard InChI is InChI=1S/C14H20N2O4S/c1-2-3-6-16-21(19,20)12-5-4-10-8-13(14(17)18)15-9-11(10)7-12/h4-5,7,13,15-16H,2-3,6,8-9H2,1H3,(H,17,18). The molecule has 1 aliphatic heterocycles. The van der Waals surface area contributed by atoms with Gasteiger partial charge >= 0.3 is 5.97 Å². The quantitative estimate of drug-likeness (QED) is 0.677. The first kappa shape index (κ1) is 15.9. The number of aliphatic carboxylic acids is 1. The molecule has 0 spiro atoms. The van der Waals surface area contributed by atoms with Gasteiger partial charge in [-0.2, -0.15) is 0 Å². The molecule has 1 aromatic rings. The summed E-state index contributed by atoms with van der Waals surface area (Å²) in [4.78, 5) is 11.2. The van der Waals surface area contributed by atoms with Crippen LogP contribution in [-0.2, 0) is 27.8 Å². The molecule has 3 N–H and O–H groups in total. The third kappa shape index (κ3) is 3.81. The van der Waals surface area contributed by atoms with Crippen LogP contribution in [0.25, 0.3) is 0 Å². The summed E-state index contributed by atoms with van der Waals surface area (Å²) in [5.41, 5.74) is 1.72. The highest BCUT2D eigenvalue weighted by atomic mass is 32.2. The topological polar surface area (TPSA) is 95.5 Å². The smallest absolute Gasteiger partial charge is 0.321 e. The van der Waals surface area contributed by atoms with Crippen molar-refractivity contribution in [3.63, 3.8) is 0 Å². The normalized spacial score (nSPS) is 18.2. The molecule has 21 heavy (non-hydrogen) atoms. The molecule has 1 aliphatic rings. The van der Waals surface area contributed by atoms with Gasteiger partial charge in [-0.25, -0.2) is 13.1 Å². The van der Waals surface area contributed by atoms with Crippen LogP contribution < -0.4 is 10.0 Å². The number of carbonyl (C=O) groups is 1. The van der Waals surface area contributed by atoms with E-state index in [4.69, 9.17) is 5.11 Å². The minimum absolute atomic E-state index is 0.230. The van der Waals surface area contributed by atoms with Crippen LogP contribution in [0.15, 0.2) is 23.1 Å². The number of hydrogen-bond donors (Lipinski definition) is 3. The number of rotatable bonds is 6. The van der Waals surface area contributed by atoms with E-state index in [1.807, 2.05) is 6.92 Å². The predicted molar refractivity (Wildman–Crippen MR) is 78.5 cm³/mol. The lowest BCUT2D eigenvalue weighted by Gasteiger charge is -2.23. The van der Waals surface area contributed by atoms with Gasteiger partial charge in [0.2, 0.25) is 10.0 Å². The zero-order chi connectivity index (χ0) is 15.5. The Morgan fingerprint density at radius 1 is 1.43 bits per heavy atom. The molecule has 2 rings (SSSR count). The van der Waals surface area contributed by atoms with E-state index in [-0.39, 0.29) is 4.90 Å². The number of sulfonamides is 1. The van der Waals surface area contributed by atoms with Gasteiger partial charge in [0.25, 0.3) is 0 Å². The van der Waals surface area contributed by atoms with E-state index in [1.165, 1.54) is 6.07 Å². The van der Waals surface area contributed by atoms with Crippen molar-refractivity contribution in [2.45, 2.75) is 43.7 Å². The van der Waals surface area contributed by atoms with E-state index in [1.54, 1.807) is 12.1 Å². The Hall–Kier alpha value is -1.44. The fourth-order valence-corrected chi connectivity index (χ4v) is 3.42. The van der Waals surface area contributed by atoms with Crippen molar-refractivity contribution in [2.75, 3.05) is 6.54 Å². The number of hydrogen-bond acceptors (Lipinski definition) is 4. The summed E-state index contributed by atoms with van der Waals surface area (Å²) in [6.07, 6.45) is 2.09. The molecule has 1 unspecified atom stereocenters. The van der Waals surface area contributed by atoms with Crippen LogP contribution in [0, 0.1) is 0 Å². The molecule has 0 aliphatic carbocycles. The summed E-state index contributed by atoms with van der Waals surface area (Å²) in [5, 5.41) is 11.9. The second-order valence-electron chi connectivity index (χ2n) is 5.16. The Balaban J connectivity index is 2.17. The average Bonchev–Trinajstić information content (AvgIpc) is 2.46. The van der Waals surface area contributed by atoms with Crippen LogP contribution >= 0.6 is 0 Å². The maximum atomic E-state index is 12.1. The van der Waals surface area contributed by atoms with Gasteiger partial charge in [0.15, 0.2) is 0 Å². The van der Waals surface area contributed by atoms with Crippen LogP contribution in [0.1, 0.15) is 30.9 Å². The monoisotopic (exact) mass is 312 g/mol. The summed E-state index contributed by atoms with van der Waals surface area (Å²) >= 11 is 0. The van der Waals surface area contributed by atoms with Gasteiger partial charge in [-0.1, -0.05) is 19.4 Å². The number of fused-ring (bicyclic) bond motifs is 1. The molecule has 1 atom stereocenters. The van der Waals surface area contributed by atoms with Crippen LogP contribution in [0.2, 0.25) is 0 Å². The molecular formula is C14H20N2O4S. The van der Waals surface area contributed by atoms with Gasteiger partial charge in [-0.05, 0) is 36.1 Å². The van der Waals surface area contributed by atoms with Crippen molar-refractivity contribution < 1.29 is 18.3 Å². The number of unbranched alkanes of at least 4 members (excludes halogenated alkanes) is 1. The number of carboxylic acid groups (broad SMARTS) is 1. The molecule has 0 aromatic heterocycles. The molecule has 0 fully saturated rings. The lowest BCUT2D eigenvalue weighted by atomic mass is 9.96. The van der Waals surface area contributed by atoms with Crippen LogP contribution in [0.4, 0.5) is 0 Å². The molecule has 0 bridgehead atoms. The highest BCUT2D eigenvalue weighted by Gasteiger charge is 2.25. The Morgan fingerprint density at radius 2 is 2.19 bits per heavy atom. The lowest BCUT2D eigenvalue weighted by molar-refractivity contribution is -0.139. The van der Waals surface area contributed by atoms with E-state index < -0.39 is 22.0 Å². The summed E-state index contributed by atoms with van der Waals surface area (Å²) < 4.78 is 26.8. The average molecular weight is 312 g/mol. The SMILES string of the molecule is CCCCNS(=O)(=O)c1ccc2c(c1)CNC(C(=O)O)C2. The summed E-state index contributed by atoms with van der Waals surface area (Å²) in [6, 6.07) is 4.26. The maximum Gasteiger partial charge on any atom is 0.321 e. The molecule has 0 saturated heterocycles. The first-order valence-corrected chi connectivity index (χ1v) is 8.50. The maximum absolute atomic E-state index is 12.1. The van der Waals surface area contributed by atoms with E-state index in [9.17, 15) is 13.2 Å². The molecule has 0 radical (unpaired) electrons. The Bertz CT molecular complexity index is 628.